The van der Waals surface area contributed by atoms with Gasteiger partial charge in [-0.1, -0.05) is 18.2 Å². The van der Waals surface area contributed by atoms with E-state index in [0.717, 1.165) is 15.8 Å². The van der Waals surface area contributed by atoms with Gasteiger partial charge in [-0.25, -0.2) is 4.79 Å². The molecule has 0 spiro atoms. The minimum absolute atomic E-state index is 0.291. The number of aromatic amines is 1. The van der Waals surface area contributed by atoms with Crippen molar-refractivity contribution in [1.29, 1.82) is 0 Å². The monoisotopic (exact) mass is 323 g/mol. The Bertz CT molecular complexity index is 1050. The smallest absolute Gasteiger partial charge is 0.322 e. The van der Waals surface area contributed by atoms with Gasteiger partial charge in [0.2, 0.25) is 0 Å². The number of rotatable bonds is 3. The molecule has 1 aromatic heterocycles. The van der Waals surface area contributed by atoms with Crippen LogP contribution in [0.2, 0.25) is 0 Å². The third-order valence-corrected chi connectivity index (χ3v) is 3.95. The summed E-state index contributed by atoms with van der Waals surface area (Å²) >= 11 is 0. The van der Waals surface area contributed by atoms with Crippen molar-refractivity contribution in [3.8, 4) is 0 Å². The van der Waals surface area contributed by atoms with E-state index in [0.29, 0.717) is 23.0 Å². The topological polar surface area (TPSA) is 84.0 Å². The summed E-state index contributed by atoms with van der Waals surface area (Å²) in [6, 6.07) is 12.1. The van der Waals surface area contributed by atoms with E-state index >= 15 is 0 Å². The second kappa shape index (κ2) is 6.16. The first-order chi connectivity index (χ1) is 11.5. The molecule has 0 bridgehead atoms. The van der Waals surface area contributed by atoms with E-state index in [1.165, 1.54) is 6.07 Å². The van der Waals surface area contributed by atoms with Crippen LogP contribution >= 0.6 is 0 Å². The molecule has 6 nitrogen and oxygen atoms in total. The highest BCUT2D eigenvalue weighted by atomic mass is 16.2. The molecule has 0 aliphatic carbocycles. The molecular formula is C18H17N3O3. The quantitative estimate of drug-likeness (QED) is 0.775. The third-order valence-electron chi connectivity index (χ3n) is 3.95. The molecule has 0 saturated heterocycles. The highest BCUT2D eigenvalue weighted by Gasteiger charge is 2.11. The van der Waals surface area contributed by atoms with Crippen LogP contribution in [0.3, 0.4) is 0 Å². The van der Waals surface area contributed by atoms with Gasteiger partial charge >= 0.3 is 5.69 Å². The van der Waals surface area contributed by atoms with E-state index in [1.807, 2.05) is 31.2 Å². The molecule has 0 unspecified atom stereocenters. The van der Waals surface area contributed by atoms with Crippen LogP contribution in [0, 0.1) is 6.92 Å². The van der Waals surface area contributed by atoms with Crippen molar-refractivity contribution in [3.63, 3.8) is 0 Å². The summed E-state index contributed by atoms with van der Waals surface area (Å²) < 4.78 is 1.12. The standard InChI is InChI=1S/C18H17N3O3/c1-3-21-17(23)13-9-8-12(10-15(13)20-18(21)24)16(22)19-14-7-5-4-6-11(14)2/h4-10H,3H2,1-2H3,(H,19,22)(H,20,24). The molecule has 24 heavy (non-hydrogen) atoms. The highest BCUT2D eigenvalue weighted by Crippen LogP contribution is 2.16. The van der Waals surface area contributed by atoms with Crippen molar-refractivity contribution >= 4 is 22.5 Å². The molecule has 0 radical (unpaired) electrons. The molecule has 122 valence electrons. The van der Waals surface area contributed by atoms with Gasteiger partial charge in [-0.05, 0) is 43.7 Å². The number of anilines is 1. The number of H-pyrrole nitrogens is 1. The Balaban J connectivity index is 2.02. The largest absolute Gasteiger partial charge is 0.328 e. The Hall–Kier alpha value is -3.15. The molecule has 1 heterocycles. The van der Waals surface area contributed by atoms with Gasteiger partial charge < -0.3 is 10.3 Å². The minimum atomic E-state index is -0.480. The summed E-state index contributed by atoms with van der Waals surface area (Å²) in [7, 11) is 0. The number of aromatic nitrogens is 2. The van der Waals surface area contributed by atoms with Crippen LogP contribution in [0.15, 0.2) is 52.1 Å². The third kappa shape index (κ3) is 2.74. The maximum atomic E-state index is 12.4. The maximum Gasteiger partial charge on any atom is 0.328 e. The van der Waals surface area contributed by atoms with Crippen molar-refractivity contribution in [1.82, 2.24) is 9.55 Å². The zero-order chi connectivity index (χ0) is 17.3. The molecule has 0 atom stereocenters. The second-order valence-corrected chi connectivity index (χ2v) is 5.51. The van der Waals surface area contributed by atoms with Crippen molar-refractivity contribution < 1.29 is 4.79 Å². The number of nitrogens with one attached hydrogen (secondary N) is 2. The summed E-state index contributed by atoms with van der Waals surface area (Å²) in [5, 5.41) is 3.21. The van der Waals surface area contributed by atoms with Gasteiger partial charge in [0, 0.05) is 17.8 Å². The molecule has 2 aromatic carbocycles. The normalized spacial score (nSPS) is 10.8. The molecule has 6 heteroatoms. The van der Waals surface area contributed by atoms with Crippen LogP contribution in [0.1, 0.15) is 22.8 Å². The summed E-state index contributed by atoms with van der Waals surface area (Å²) in [5.74, 6) is -0.299. The number of benzene rings is 2. The molecular weight excluding hydrogens is 306 g/mol. The van der Waals surface area contributed by atoms with E-state index in [-0.39, 0.29) is 11.5 Å². The maximum absolute atomic E-state index is 12.4. The fourth-order valence-corrected chi connectivity index (χ4v) is 2.59. The first-order valence-corrected chi connectivity index (χ1v) is 7.65. The van der Waals surface area contributed by atoms with Gasteiger partial charge in [-0.3, -0.25) is 14.2 Å². The van der Waals surface area contributed by atoms with Crippen molar-refractivity contribution in [2.45, 2.75) is 20.4 Å². The lowest BCUT2D eigenvalue weighted by Gasteiger charge is -2.09. The first-order valence-electron chi connectivity index (χ1n) is 7.65. The van der Waals surface area contributed by atoms with Gasteiger partial charge in [0.15, 0.2) is 0 Å². The fourth-order valence-electron chi connectivity index (χ4n) is 2.59. The van der Waals surface area contributed by atoms with Gasteiger partial charge in [0.05, 0.1) is 10.9 Å². The Kier molecular flexibility index (Phi) is 4.04. The number of carbonyl (C=O) groups is 1. The predicted octanol–water partition coefficient (Wildman–Crippen LogP) is 2.27. The molecule has 0 saturated carbocycles. The van der Waals surface area contributed by atoms with E-state index in [4.69, 9.17) is 0 Å². The van der Waals surface area contributed by atoms with Crippen molar-refractivity contribution in [2.75, 3.05) is 5.32 Å². The molecule has 3 aromatic rings. The minimum Gasteiger partial charge on any atom is -0.322 e. The molecule has 0 fully saturated rings. The molecule has 0 aliphatic rings. The average molecular weight is 323 g/mol. The van der Waals surface area contributed by atoms with Crippen LogP contribution in [0.5, 0.6) is 0 Å². The molecule has 1 amide bonds. The van der Waals surface area contributed by atoms with Crippen LogP contribution in [0.25, 0.3) is 10.9 Å². The average Bonchev–Trinajstić information content (AvgIpc) is 2.56. The fraction of sp³-hybridized carbons (Fsp3) is 0.167. The summed E-state index contributed by atoms with van der Waals surface area (Å²) in [5.41, 5.74) is 1.55. The van der Waals surface area contributed by atoms with Gasteiger partial charge in [-0.15, -0.1) is 0 Å². The molecule has 0 aliphatic heterocycles. The summed E-state index contributed by atoms with van der Waals surface area (Å²) in [4.78, 5) is 39.2. The predicted molar refractivity (Wildman–Crippen MR) is 93.6 cm³/mol. The zero-order valence-corrected chi connectivity index (χ0v) is 13.4. The second-order valence-electron chi connectivity index (χ2n) is 5.51. The molecule has 3 rings (SSSR count). The highest BCUT2D eigenvalue weighted by molar-refractivity contribution is 6.06. The lowest BCUT2D eigenvalue weighted by molar-refractivity contribution is 0.102. The SMILES string of the molecule is CCn1c(=O)[nH]c2cc(C(=O)Nc3ccccc3C)ccc2c1=O. The Morgan fingerprint density at radius 1 is 1.17 bits per heavy atom. The summed E-state index contributed by atoms with van der Waals surface area (Å²) in [6.45, 7) is 3.92. The van der Waals surface area contributed by atoms with Gasteiger partial charge in [0.25, 0.3) is 11.5 Å². The van der Waals surface area contributed by atoms with E-state index < -0.39 is 5.69 Å². The lowest BCUT2D eigenvalue weighted by atomic mass is 10.1. The van der Waals surface area contributed by atoms with E-state index in [9.17, 15) is 14.4 Å². The van der Waals surface area contributed by atoms with Crippen LogP contribution in [0.4, 0.5) is 5.69 Å². The van der Waals surface area contributed by atoms with Crippen molar-refractivity contribution in [2.24, 2.45) is 0 Å². The van der Waals surface area contributed by atoms with Gasteiger partial charge in [0.1, 0.15) is 0 Å². The Morgan fingerprint density at radius 3 is 2.62 bits per heavy atom. The van der Waals surface area contributed by atoms with Crippen LogP contribution in [-0.2, 0) is 6.54 Å². The lowest BCUT2D eigenvalue weighted by Crippen LogP contribution is -2.34. The first kappa shape index (κ1) is 15.7. The van der Waals surface area contributed by atoms with E-state index in [1.54, 1.807) is 19.1 Å². The zero-order valence-electron chi connectivity index (χ0n) is 13.4. The number of amides is 1. The van der Waals surface area contributed by atoms with Crippen LogP contribution in [-0.4, -0.2) is 15.5 Å². The number of aryl methyl sites for hydroxylation is 1. The number of para-hydroxylation sites is 1. The Labute approximate surface area is 137 Å². The van der Waals surface area contributed by atoms with Gasteiger partial charge in [-0.2, -0.15) is 0 Å². The number of nitrogens with zero attached hydrogens (tertiary/aromatic N) is 1. The number of carbonyl (C=O) groups excluding carboxylic acids is 1. The van der Waals surface area contributed by atoms with E-state index in [2.05, 4.69) is 10.3 Å². The number of hydrogen-bond acceptors (Lipinski definition) is 3. The number of hydrogen-bond donors (Lipinski definition) is 2. The van der Waals surface area contributed by atoms with Crippen molar-refractivity contribution in [3.05, 3.63) is 74.4 Å². The summed E-state index contributed by atoms with van der Waals surface area (Å²) in [6.07, 6.45) is 0. The Morgan fingerprint density at radius 2 is 1.92 bits per heavy atom. The number of fused-ring (bicyclic) bond motifs is 1. The molecule has 2 N–H and O–H groups in total. The van der Waals surface area contributed by atoms with Crippen LogP contribution < -0.4 is 16.6 Å².